The fourth-order valence-corrected chi connectivity index (χ4v) is 3.42. The summed E-state index contributed by atoms with van der Waals surface area (Å²) in [5, 5.41) is 9.01. The number of rotatable bonds is 7. The number of ether oxygens (including phenoxy) is 1. The molecule has 0 bridgehead atoms. The van der Waals surface area contributed by atoms with Gasteiger partial charge in [0.1, 0.15) is 5.75 Å². The topological polar surface area (TPSA) is 68.5 Å². The second-order valence-corrected chi connectivity index (χ2v) is 7.27. The maximum Gasteiger partial charge on any atom is 0.335 e. The molecule has 148 valence electrons. The molecule has 6 heteroatoms. The van der Waals surface area contributed by atoms with Crippen LogP contribution in [0.2, 0.25) is 0 Å². The summed E-state index contributed by atoms with van der Waals surface area (Å²) >= 11 is 3.53. The van der Waals surface area contributed by atoms with Crippen molar-refractivity contribution in [2.75, 3.05) is 7.11 Å². The average Bonchev–Trinajstić information content (AvgIpc) is 2.73. The van der Waals surface area contributed by atoms with E-state index in [9.17, 15) is 9.59 Å². The number of methoxy groups -OCH3 is 1. The number of halogens is 1. The lowest BCUT2D eigenvalue weighted by Gasteiger charge is -2.12. The van der Waals surface area contributed by atoms with Crippen LogP contribution in [0.15, 0.2) is 69.9 Å². The van der Waals surface area contributed by atoms with Gasteiger partial charge in [-0.25, -0.2) is 4.79 Å². The smallest absolute Gasteiger partial charge is 0.335 e. The molecule has 1 N–H and O–H groups in total. The van der Waals surface area contributed by atoms with E-state index in [1.54, 1.807) is 42.0 Å². The van der Waals surface area contributed by atoms with Gasteiger partial charge in [-0.3, -0.25) is 4.79 Å². The maximum atomic E-state index is 12.5. The number of benzene rings is 2. The molecule has 2 aromatic carbocycles. The van der Waals surface area contributed by atoms with Crippen molar-refractivity contribution in [2.24, 2.45) is 0 Å². The summed E-state index contributed by atoms with van der Waals surface area (Å²) in [6.07, 6.45) is 4.43. The van der Waals surface area contributed by atoms with Crippen LogP contribution in [0.3, 0.4) is 0 Å². The van der Waals surface area contributed by atoms with Crippen molar-refractivity contribution >= 4 is 34.1 Å². The van der Waals surface area contributed by atoms with Gasteiger partial charge in [0.15, 0.2) is 0 Å². The third-order valence-corrected chi connectivity index (χ3v) is 5.20. The monoisotopic (exact) mass is 453 g/mol. The molecule has 3 rings (SSSR count). The van der Waals surface area contributed by atoms with E-state index in [1.807, 2.05) is 36.4 Å². The largest absolute Gasteiger partial charge is 0.497 e. The van der Waals surface area contributed by atoms with Crippen LogP contribution < -0.4 is 10.3 Å². The number of carbonyl (C=O) groups is 1. The predicted molar refractivity (Wildman–Crippen MR) is 117 cm³/mol. The zero-order valence-corrected chi connectivity index (χ0v) is 17.4. The summed E-state index contributed by atoms with van der Waals surface area (Å²) in [5.41, 5.74) is 2.84. The Kier molecular flexibility index (Phi) is 6.67. The van der Waals surface area contributed by atoms with Gasteiger partial charge < -0.3 is 14.4 Å². The minimum atomic E-state index is -0.954. The minimum absolute atomic E-state index is 0.0966. The second-order valence-electron chi connectivity index (χ2n) is 6.42. The van der Waals surface area contributed by atoms with E-state index in [4.69, 9.17) is 9.84 Å². The van der Waals surface area contributed by atoms with Gasteiger partial charge in [0.05, 0.1) is 18.4 Å². The van der Waals surface area contributed by atoms with Gasteiger partial charge in [0.2, 0.25) is 0 Å². The molecular formula is C23H20BrNO4. The van der Waals surface area contributed by atoms with E-state index in [1.165, 1.54) is 6.07 Å². The number of hydrogen-bond acceptors (Lipinski definition) is 3. The molecule has 0 saturated carbocycles. The van der Waals surface area contributed by atoms with Crippen molar-refractivity contribution in [3.63, 3.8) is 0 Å². The summed E-state index contributed by atoms with van der Waals surface area (Å²) in [5.74, 6) is -0.189. The van der Waals surface area contributed by atoms with Crippen LogP contribution in [0.4, 0.5) is 0 Å². The van der Waals surface area contributed by atoms with Gasteiger partial charge in [-0.05, 0) is 69.9 Å². The van der Waals surface area contributed by atoms with Gasteiger partial charge in [-0.2, -0.15) is 0 Å². The minimum Gasteiger partial charge on any atom is -0.497 e. The Hall–Kier alpha value is -3.12. The van der Waals surface area contributed by atoms with Gasteiger partial charge in [0, 0.05) is 17.1 Å². The Morgan fingerprint density at radius 3 is 2.55 bits per heavy atom. The lowest BCUT2D eigenvalue weighted by Crippen LogP contribution is -2.22. The van der Waals surface area contributed by atoms with E-state index < -0.39 is 5.97 Å². The molecule has 3 aromatic rings. The second kappa shape index (κ2) is 9.39. The summed E-state index contributed by atoms with van der Waals surface area (Å²) in [6.45, 7) is 0.475. The fourth-order valence-electron chi connectivity index (χ4n) is 2.94. The Morgan fingerprint density at radius 2 is 1.86 bits per heavy atom. The van der Waals surface area contributed by atoms with Gasteiger partial charge >= 0.3 is 5.97 Å². The number of pyridine rings is 1. The number of aryl methyl sites for hydroxylation is 1. The molecule has 0 saturated heterocycles. The van der Waals surface area contributed by atoms with Crippen LogP contribution in [0, 0.1) is 0 Å². The van der Waals surface area contributed by atoms with E-state index in [0.717, 1.165) is 27.0 Å². The molecular weight excluding hydrogens is 434 g/mol. The first kappa shape index (κ1) is 20.6. The molecule has 0 aliphatic carbocycles. The SMILES string of the molecule is COc1cccc(/C=C/c2c(Br)ccc(=O)n2CCc2ccc(C(=O)O)cc2)c1. The van der Waals surface area contributed by atoms with Crippen LogP contribution in [0.25, 0.3) is 12.2 Å². The Balaban J connectivity index is 1.85. The van der Waals surface area contributed by atoms with Crippen molar-refractivity contribution in [3.8, 4) is 5.75 Å². The Bertz CT molecular complexity index is 1100. The van der Waals surface area contributed by atoms with Crippen LogP contribution in [-0.4, -0.2) is 22.8 Å². The maximum absolute atomic E-state index is 12.5. The fraction of sp³-hybridized carbons (Fsp3) is 0.130. The highest BCUT2D eigenvalue weighted by Gasteiger charge is 2.07. The van der Waals surface area contributed by atoms with E-state index >= 15 is 0 Å². The number of aromatic nitrogens is 1. The zero-order valence-electron chi connectivity index (χ0n) is 15.8. The Labute approximate surface area is 177 Å². The van der Waals surface area contributed by atoms with Crippen LogP contribution >= 0.6 is 15.9 Å². The zero-order chi connectivity index (χ0) is 20.8. The summed E-state index contributed by atoms with van der Waals surface area (Å²) in [4.78, 5) is 23.5. The highest BCUT2D eigenvalue weighted by atomic mass is 79.9. The van der Waals surface area contributed by atoms with Crippen molar-refractivity contribution in [1.29, 1.82) is 0 Å². The predicted octanol–water partition coefficient (Wildman–Crippen LogP) is 4.73. The molecule has 29 heavy (non-hydrogen) atoms. The van der Waals surface area contributed by atoms with E-state index in [2.05, 4.69) is 15.9 Å². The highest BCUT2D eigenvalue weighted by molar-refractivity contribution is 9.10. The van der Waals surface area contributed by atoms with E-state index in [-0.39, 0.29) is 11.1 Å². The lowest BCUT2D eigenvalue weighted by molar-refractivity contribution is 0.0697. The number of nitrogens with zero attached hydrogens (tertiary/aromatic N) is 1. The molecule has 0 spiro atoms. The number of carboxylic acids is 1. The lowest BCUT2D eigenvalue weighted by atomic mass is 10.1. The average molecular weight is 454 g/mol. The molecule has 1 aromatic heterocycles. The van der Waals surface area contributed by atoms with Crippen LogP contribution in [-0.2, 0) is 13.0 Å². The normalized spacial score (nSPS) is 11.0. The van der Waals surface area contributed by atoms with Crippen LogP contribution in [0.5, 0.6) is 5.75 Å². The molecule has 0 aliphatic heterocycles. The van der Waals surface area contributed by atoms with Gasteiger partial charge in [0.25, 0.3) is 5.56 Å². The quantitative estimate of drug-likeness (QED) is 0.561. The molecule has 0 fully saturated rings. The summed E-state index contributed by atoms with van der Waals surface area (Å²) in [7, 11) is 1.62. The first-order valence-electron chi connectivity index (χ1n) is 9.01. The number of aromatic carboxylic acids is 1. The first-order chi connectivity index (χ1) is 14.0. The molecule has 0 unspecified atom stereocenters. The third kappa shape index (κ3) is 5.23. The number of hydrogen-bond donors (Lipinski definition) is 1. The molecule has 1 heterocycles. The molecule has 5 nitrogen and oxygen atoms in total. The van der Waals surface area contributed by atoms with Crippen LogP contribution in [0.1, 0.15) is 27.2 Å². The standard InChI is InChI=1S/C23H20BrNO4/c1-29-19-4-2-3-17(15-19)7-11-21-20(24)10-12-22(26)25(21)14-13-16-5-8-18(9-6-16)23(27)28/h2-12,15H,13-14H2,1H3,(H,27,28)/b11-7+. The van der Waals surface area contributed by atoms with Gasteiger partial charge in [-0.1, -0.05) is 30.3 Å². The van der Waals surface area contributed by atoms with E-state index in [0.29, 0.717) is 13.0 Å². The van der Waals surface area contributed by atoms with Crippen molar-refractivity contribution in [2.45, 2.75) is 13.0 Å². The highest BCUT2D eigenvalue weighted by Crippen LogP contribution is 2.20. The molecule has 0 aliphatic rings. The van der Waals surface area contributed by atoms with Crippen molar-refractivity contribution in [3.05, 3.63) is 97.9 Å². The third-order valence-electron chi connectivity index (χ3n) is 4.53. The molecule has 0 atom stereocenters. The van der Waals surface area contributed by atoms with Crippen molar-refractivity contribution in [1.82, 2.24) is 4.57 Å². The summed E-state index contributed by atoms with van der Waals surface area (Å²) in [6, 6.07) is 17.6. The molecule has 0 amide bonds. The number of carboxylic acid groups (broad SMARTS) is 1. The summed E-state index contributed by atoms with van der Waals surface area (Å²) < 4.78 is 7.77. The Morgan fingerprint density at radius 1 is 1.10 bits per heavy atom. The first-order valence-corrected chi connectivity index (χ1v) is 9.81. The molecule has 0 radical (unpaired) electrons. The van der Waals surface area contributed by atoms with Crippen molar-refractivity contribution < 1.29 is 14.6 Å². The van der Waals surface area contributed by atoms with Gasteiger partial charge in [-0.15, -0.1) is 0 Å².